The maximum absolute atomic E-state index is 13.9. The second-order valence-corrected chi connectivity index (χ2v) is 12.6. The van der Waals surface area contributed by atoms with Gasteiger partial charge in [0.05, 0.1) is 12.0 Å². The number of hydrogen-bond donors (Lipinski definition) is 2. The van der Waals surface area contributed by atoms with Gasteiger partial charge in [0.1, 0.15) is 9.61 Å². The third-order valence-corrected chi connectivity index (χ3v) is 8.71. The summed E-state index contributed by atoms with van der Waals surface area (Å²) in [5, 5.41) is 20.8. The Bertz CT molecular complexity index is 1290. The van der Waals surface area contributed by atoms with Crippen molar-refractivity contribution in [3.63, 3.8) is 0 Å². The van der Waals surface area contributed by atoms with Crippen molar-refractivity contribution in [1.29, 1.82) is 0 Å². The molecular weight excluding hydrogens is 536 g/mol. The number of sulfonamides is 1. The monoisotopic (exact) mass is 563 g/mol. The SMILES string of the molecule is CC(C)c1cc2c(c(C(C)C)c1CC(=O)N1C=C(S(=O)(=O)N=NC(=O)O)S[C@@H]1C(C)(C)O)OC(F)(F)O2. The molecule has 2 aliphatic heterocycles. The van der Waals surface area contributed by atoms with E-state index in [4.69, 9.17) is 9.84 Å². The molecule has 0 saturated heterocycles. The fraction of sp³-hybridized carbons (Fsp3) is 0.545. The summed E-state index contributed by atoms with van der Waals surface area (Å²) in [6, 6.07) is 1.40. The Morgan fingerprint density at radius 2 is 1.84 bits per heavy atom. The summed E-state index contributed by atoms with van der Waals surface area (Å²) in [5.74, 6) is -1.51. The molecule has 0 aliphatic carbocycles. The molecule has 1 aromatic rings. The molecule has 204 valence electrons. The number of ether oxygens (including phenoxy) is 2. The number of benzene rings is 1. The Kier molecular flexibility index (Phi) is 7.65. The van der Waals surface area contributed by atoms with Crippen LogP contribution in [0.1, 0.15) is 70.1 Å². The quantitative estimate of drug-likeness (QED) is 0.448. The van der Waals surface area contributed by atoms with Crippen LogP contribution in [0.25, 0.3) is 0 Å². The number of aliphatic hydroxyl groups is 1. The van der Waals surface area contributed by atoms with Crippen LogP contribution in [0.5, 0.6) is 11.5 Å². The van der Waals surface area contributed by atoms with E-state index in [1.165, 1.54) is 19.9 Å². The summed E-state index contributed by atoms with van der Waals surface area (Å²) in [7, 11) is -4.58. The number of rotatable bonds is 7. The number of carboxylic acid groups (broad SMARTS) is 1. The number of fused-ring (bicyclic) bond motifs is 1. The zero-order valence-electron chi connectivity index (χ0n) is 20.9. The molecule has 0 bridgehead atoms. The van der Waals surface area contributed by atoms with Gasteiger partial charge < -0.3 is 24.6 Å². The molecule has 0 unspecified atom stereocenters. The molecule has 1 aromatic carbocycles. The van der Waals surface area contributed by atoms with Crippen LogP contribution in [0.15, 0.2) is 26.1 Å². The molecule has 11 nitrogen and oxygen atoms in total. The van der Waals surface area contributed by atoms with Crippen LogP contribution < -0.4 is 9.47 Å². The minimum absolute atomic E-state index is 0.142. The number of hydrogen-bond acceptors (Lipinski definition) is 8. The molecule has 15 heteroatoms. The van der Waals surface area contributed by atoms with Gasteiger partial charge in [-0.3, -0.25) is 4.79 Å². The summed E-state index contributed by atoms with van der Waals surface area (Å²) >= 11 is 0.602. The van der Waals surface area contributed by atoms with Gasteiger partial charge in [0.15, 0.2) is 11.5 Å². The van der Waals surface area contributed by atoms with E-state index in [9.17, 15) is 31.9 Å². The first-order valence-electron chi connectivity index (χ1n) is 11.1. The predicted molar refractivity (Wildman–Crippen MR) is 129 cm³/mol. The van der Waals surface area contributed by atoms with Crippen LogP contribution in [-0.2, 0) is 21.2 Å². The van der Waals surface area contributed by atoms with Crippen molar-refractivity contribution in [3.8, 4) is 11.5 Å². The highest BCUT2D eigenvalue weighted by molar-refractivity contribution is 8.18. The van der Waals surface area contributed by atoms with Gasteiger partial charge in [-0.15, -0.1) is 8.78 Å². The van der Waals surface area contributed by atoms with Crippen molar-refractivity contribution in [3.05, 3.63) is 33.2 Å². The number of carbonyl (C=O) groups is 2. The molecule has 0 saturated carbocycles. The average molecular weight is 564 g/mol. The van der Waals surface area contributed by atoms with Crippen LogP contribution in [0.4, 0.5) is 13.6 Å². The van der Waals surface area contributed by atoms with Gasteiger partial charge in [0, 0.05) is 11.8 Å². The topological polar surface area (TPSA) is 155 Å². The summed E-state index contributed by atoms with van der Waals surface area (Å²) in [4.78, 5) is 25.2. The van der Waals surface area contributed by atoms with Crippen LogP contribution in [0.2, 0.25) is 0 Å². The lowest BCUT2D eigenvalue weighted by atomic mass is 9.85. The maximum atomic E-state index is 13.9. The second-order valence-electron chi connectivity index (χ2n) is 9.65. The fourth-order valence-electron chi connectivity index (χ4n) is 4.06. The normalized spacial score (nSPS) is 19.3. The second kappa shape index (κ2) is 9.83. The van der Waals surface area contributed by atoms with Crippen LogP contribution in [-0.4, -0.2) is 52.8 Å². The van der Waals surface area contributed by atoms with E-state index < -0.39 is 43.5 Å². The summed E-state index contributed by atoms with van der Waals surface area (Å²) < 4.78 is 64.6. The first-order chi connectivity index (χ1) is 16.8. The molecule has 0 aromatic heterocycles. The van der Waals surface area contributed by atoms with Gasteiger partial charge in [0.25, 0.3) is 0 Å². The van der Waals surface area contributed by atoms with E-state index in [-0.39, 0.29) is 29.8 Å². The molecule has 2 amide bonds. The highest BCUT2D eigenvalue weighted by Gasteiger charge is 2.47. The molecule has 3 rings (SSSR count). The molecule has 37 heavy (non-hydrogen) atoms. The van der Waals surface area contributed by atoms with E-state index in [1.807, 2.05) is 13.8 Å². The molecule has 2 aliphatic rings. The summed E-state index contributed by atoms with van der Waals surface area (Å²) in [6.45, 7) is 9.87. The lowest BCUT2D eigenvalue weighted by Crippen LogP contribution is -2.46. The van der Waals surface area contributed by atoms with Gasteiger partial charge in [-0.05, 0) is 47.4 Å². The summed E-state index contributed by atoms with van der Waals surface area (Å²) in [5.41, 5.74) is -0.261. The molecule has 2 heterocycles. The van der Waals surface area contributed by atoms with Gasteiger partial charge >= 0.3 is 22.4 Å². The molecule has 0 radical (unpaired) electrons. The zero-order chi connectivity index (χ0) is 28.1. The molecule has 0 spiro atoms. The summed E-state index contributed by atoms with van der Waals surface area (Å²) in [6.07, 6.45) is -5.07. The van der Waals surface area contributed by atoms with Crippen LogP contribution in [0.3, 0.4) is 0 Å². The smallest absolute Gasteiger partial charge is 0.462 e. The third-order valence-electron chi connectivity index (χ3n) is 5.51. The van der Waals surface area contributed by atoms with Crippen molar-refractivity contribution >= 4 is 33.8 Å². The van der Waals surface area contributed by atoms with E-state index >= 15 is 0 Å². The maximum Gasteiger partial charge on any atom is 0.586 e. The number of thioether (sulfide) groups is 1. The predicted octanol–water partition coefficient (Wildman–Crippen LogP) is 4.73. The Balaban J connectivity index is 2.09. The van der Waals surface area contributed by atoms with Crippen molar-refractivity contribution in [1.82, 2.24) is 4.90 Å². The van der Waals surface area contributed by atoms with Crippen molar-refractivity contribution in [2.45, 2.75) is 77.1 Å². The van der Waals surface area contributed by atoms with Gasteiger partial charge in [-0.25, -0.2) is 4.79 Å². The Morgan fingerprint density at radius 3 is 2.35 bits per heavy atom. The highest BCUT2D eigenvalue weighted by atomic mass is 32.3. The van der Waals surface area contributed by atoms with Crippen molar-refractivity contribution in [2.75, 3.05) is 0 Å². The number of halogens is 2. The highest BCUT2D eigenvalue weighted by Crippen LogP contribution is 2.50. The van der Waals surface area contributed by atoms with Crippen molar-refractivity contribution in [2.24, 2.45) is 9.63 Å². The Labute approximate surface area is 216 Å². The first kappa shape index (κ1) is 28.8. The van der Waals surface area contributed by atoms with Gasteiger partial charge in [-0.1, -0.05) is 44.6 Å². The van der Waals surface area contributed by atoms with Crippen molar-refractivity contribution < 1.29 is 46.5 Å². The number of amides is 2. The molecule has 2 N–H and O–H groups in total. The molecule has 1 atom stereocenters. The minimum Gasteiger partial charge on any atom is -0.462 e. The first-order valence-corrected chi connectivity index (χ1v) is 13.4. The Hall–Kier alpha value is -2.78. The zero-order valence-corrected chi connectivity index (χ0v) is 22.5. The van der Waals surface area contributed by atoms with E-state index in [2.05, 4.69) is 14.4 Å². The standard InChI is InChI=1S/C22H27F2N3O8S2/c1-10(2)12-7-14-18(35-22(23,24)34-14)17(11(3)4)13(12)8-15(28)27-9-16(36-19(27)21(5,6)31)37(32,33)26-25-20(29)30/h7,9-11,19,31H,8H2,1-6H3,(H,29,30)/t19-/m1/s1. The lowest BCUT2D eigenvalue weighted by molar-refractivity contribution is -0.287. The van der Waals surface area contributed by atoms with Gasteiger partial charge in [-0.2, -0.15) is 8.42 Å². The third kappa shape index (κ3) is 6.04. The van der Waals surface area contributed by atoms with E-state index in [0.717, 1.165) is 11.1 Å². The average Bonchev–Trinajstić information content (AvgIpc) is 3.32. The number of alkyl halides is 2. The fourth-order valence-corrected chi connectivity index (χ4v) is 6.39. The largest absolute Gasteiger partial charge is 0.586 e. The number of nitrogens with zero attached hydrogens (tertiary/aromatic N) is 3. The van der Waals surface area contributed by atoms with Crippen LogP contribution in [0, 0.1) is 0 Å². The van der Waals surface area contributed by atoms with Gasteiger partial charge in [0.2, 0.25) is 5.91 Å². The minimum atomic E-state index is -4.58. The van der Waals surface area contributed by atoms with Crippen LogP contribution >= 0.6 is 11.8 Å². The Morgan fingerprint density at radius 1 is 1.22 bits per heavy atom. The molecule has 0 fully saturated rings. The van der Waals surface area contributed by atoms with E-state index in [0.29, 0.717) is 28.5 Å². The lowest BCUT2D eigenvalue weighted by Gasteiger charge is -2.33. The van der Waals surface area contributed by atoms with E-state index in [1.54, 1.807) is 13.8 Å². The number of carbonyl (C=O) groups excluding carboxylic acids is 1. The molecular formula is C22H27F2N3O8S2.